The van der Waals surface area contributed by atoms with Crippen molar-refractivity contribution in [2.24, 2.45) is 0 Å². The number of amides is 1. The topological polar surface area (TPSA) is 93.8 Å². The Morgan fingerprint density at radius 3 is 2.33 bits per heavy atom. The van der Waals surface area contributed by atoms with Crippen molar-refractivity contribution in [2.45, 2.75) is 6.18 Å². The molecule has 33 heavy (non-hydrogen) atoms. The van der Waals surface area contributed by atoms with Crippen LogP contribution in [0.4, 0.5) is 19.0 Å². The first-order valence-corrected chi connectivity index (χ1v) is 9.93. The van der Waals surface area contributed by atoms with Crippen molar-refractivity contribution in [1.82, 2.24) is 20.0 Å². The van der Waals surface area contributed by atoms with Crippen molar-refractivity contribution >= 4 is 11.7 Å². The number of alkyl halides is 3. The van der Waals surface area contributed by atoms with Gasteiger partial charge < -0.3 is 23.8 Å². The summed E-state index contributed by atoms with van der Waals surface area (Å²) < 4.78 is 52.6. The van der Waals surface area contributed by atoms with Crippen LogP contribution < -0.4 is 14.4 Å². The van der Waals surface area contributed by atoms with Gasteiger partial charge in [0.15, 0.2) is 11.5 Å². The number of ether oxygens (including phenoxy) is 2. The molecule has 1 aromatic carbocycles. The molecule has 3 aromatic rings. The quantitative estimate of drug-likeness (QED) is 0.570. The van der Waals surface area contributed by atoms with Crippen LogP contribution in [-0.4, -0.2) is 66.3 Å². The van der Waals surface area contributed by atoms with Gasteiger partial charge in [0, 0.05) is 43.5 Å². The number of carbonyl (C=O) groups is 1. The molecule has 0 saturated carbocycles. The number of rotatable bonds is 5. The molecule has 1 aliphatic rings. The number of methoxy groups -OCH3 is 2. The van der Waals surface area contributed by atoms with Gasteiger partial charge in [-0.1, -0.05) is 5.16 Å². The van der Waals surface area contributed by atoms with E-state index in [1.165, 1.54) is 20.4 Å². The van der Waals surface area contributed by atoms with Crippen molar-refractivity contribution in [3.63, 3.8) is 0 Å². The van der Waals surface area contributed by atoms with Crippen LogP contribution >= 0.6 is 0 Å². The number of hydrogen-bond donors (Lipinski definition) is 0. The molecule has 0 atom stereocenters. The third-order valence-electron chi connectivity index (χ3n) is 5.20. The number of carbonyl (C=O) groups excluding carboxylic acids is 1. The Bertz CT molecular complexity index is 1130. The molecule has 4 rings (SSSR count). The van der Waals surface area contributed by atoms with Crippen LogP contribution in [0.15, 0.2) is 41.1 Å². The van der Waals surface area contributed by atoms with E-state index in [4.69, 9.17) is 9.47 Å². The third-order valence-corrected chi connectivity index (χ3v) is 5.20. The lowest BCUT2D eigenvalue weighted by Crippen LogP contribution is -2.49. The lowest BCUT2D eigenvalue weighted by atomic mass is 10.1. The monoisotopic (exact) mass is 463 g/mol. The lowest BCUT2D eigenvalue weighted by molar-refractivity contribution is -0.159. The van der Waals surface area contributed by atoms with Gasteiger partial charge in [0.05, 0.1) is 14.2 Å². The van der Waals surface area contributed by atoms with Gasteiger partial charge in [0.25, 0.3) is 5.91 Å². The first kappa shape index (κ1) is 22.4. The molecule has 174 valence electrons. The van der Waals surface area contributed by atoms with Crippen LogP contribution in [0.3, 0.4) is 0 Å². The Labute approximate surface area is 186 Å². The number of hydrogen-bond acceptors (Lipinski definition) is 8. The minimum absolute atomic E-state index is 0.114. The molecule has 12 heteroatoms. The van der Waals surface area contributed by atoms with E-state index in [1.54, 1.807) is 35.2 Å². The van der Waals surface area contributed by atoms with Crippen molar-refractivity contribution in [3.05, 3.63) is 48.0 Å². The molecular formula is C21H20F3N5O4. The maximum atomic E-state index is 12.9. The second-order valence-electron chi connectivity index (χ2n) is 7.17. The van der Waals surface area contributed by atoms with E-state index in [1.807, 2.05) is 4.90 Å². The van der Waals surface area contributed by atoms with E-state index in [-0.39, 0.29) is 11.7 Å². The molecule has 0 bridgehead atoms. The summed E-state index contributed by atoms with van der Waals surface area (Å²) in [6.45, 7) is 2.06. The third kappa shape index (κ3) is 4.69. The van der Waals surface area contributed by atoms with E-state index >= 15 is 0 Å². The number of nitrogens with zero attached hydrogens (tertiary/aromatic N) is 5. The number of anilines is 1. The van der Waals surface area contributed by atoms with Crippen LogP contribution in [0.25, 0.3) is 11.4 Å². The summed E-state index contributed by atoms with van der Waals surface area (Å²) in [5.41, 5.74) is 0.808. The van der Waals surface area contributed by atoms with Gasteiger partial charge in [-0.3, -0.25) is 4.79 Å². The lowest BCUT2D eigenvalue weighted by Gasteiger charge is -2.35. The van der Waals surface area contributed by atoms with Gasteiger partial charge in [0.2, 0.25) is 5.82 Å². The zero-order chi connectivity index (χ0) is 23.6. The maximum Gasteiger partial charge on any atom is 0.471 e. The first-order valence-electron chi connectivity index (χ1n) is 9.93. The Morgan fingerprint density at radius 1 is 1.03 bits per heavy atom. The zero-order valence-corrected chi connectivity index (χ0v) is 17.8. The van der Waals surface area contributed by atoms with E-state index in [0.717, 1.165) is 0 Å². The van der Waals surface area contributed by atoms with Crippen molar-refractivity contribution in [1.29, 1.82) is 0 Å². The standard InChI is InChI=1S/C21H20F3N5O4/c1-31-15-5-3-13(11-16(15)32-2)19(30)29-9-7-28(8-10-29)17-6-4-14(12-25-17)18-26-20(33-27-18)21(22,23)24/h3-6,11-12H,7-10H2,1-2H3. The summed E-state index contributed by atoms with van der Waals surface area (Å²) in [6, 6.07) is 8.28. The van der Waals surface area contributed by atoms with E-state index in [9.17, 15) is 18.0 Å². The summed E-state index contributed by atoms with van der Waals surface area (Å²) >= 11 is 0. The predicted molar refractivity (Wildman–Crippen MR) is 110 cm³/mol. The number of pyridine rings is 1. The van der Waals surface area contributed by atoms with Crippen molar-refractivity contribution < 1.29 is 32.0 Å². The van der Waals surface area contributed by atoms with Crippen LogP contribution in [0.5, 0.6) is 11.5 Å². The molecular weight excluding hydrogens is 443 g/mol. The molecule has 1 aliphatic heterocycles. The highest BCUT2D eigenvalue weighted by molar-refractivity contribution is 5.95. The minimum atomic E-state index is -4.70. The molecule has 0 N–H and O–H groups in total. The summed E-state index contributed by atoms with van der Waals surface area (Å²) in [4.78, 5) is 24.3. The second-order valence-corrected chi connectivity index (χ2v) is 7.17. The second kappa shape index (κ2) is 8.96. The molecule has 0 unspecified atom stereocenters. The summed E-state index contributed by atoms with van der Waals surface area (Å²) in [5.74, 6) is -0.0457. The highest BCUT2D eigenvalue weighted by atomic mass is 19.4. The number of aromatic nitrogens is 3. The molecule has 1 fully saturated rings. The molecule has 2 aromatic heterocycles. The molecule has 0 spiro atoms. The molecule has 0 radical (unpaired) electrons. The summed E-state index contributed by atoms with van der Waals surface area (Å²) in [7, 11) is 3.04. The van der Waals surface area contributed by atoms with Crippen molar-refractivity contribution in [3.8, 4) is 22.9 Å². The zero-order valence-electron chi connectivity index (χ0n) is 17.8. The number of piperazine rings is 1. The highest BCUT2D eigenvalue weighted by Gasteiger charge is 2.38. The van der Waals surface area contributed by atoms with E-state index in [2.05, 4.69) is 19.6 Å². The first-order chi connectivity index (χ1) is 15.8. The smallest absolute Gasteiger partial charge is 0.471 e. The molecule has 3 heterocycles. The number of benzene rings is 1. The Hall–Kier alpha value is -3.83. The van der Waals surface area contributed by atoms with Crippen molar-refractivity contribution in [2.75, 3.05) is 45.3 Å². The van der Waals surface area contributed by atoms with Gasteiger partial charge in [-0.2, -0.15) is 18.2 Å². The fraction of sp³-hybridized carbons (Fsp3) is 0.333. The van der Waals surface area contributed by atoms with Gasteiger partial charge in [-0.25, -0.2) is 4.98 Å². The van der Waals surface area contributed by atoms with Crippen LogP contribution in [-0.2, 0) is 6.18 Å². The summed E-state index contributed by atoms with van der Waals surface area (Å²) in [5, 5.41) is 3.36. The van der Waals surface area contributed by atoms with Gasteiger partial charge in [-0.15, -0.1) is 0 Å². The average Bonchev–Trinajstić information content (AvgIpc) is 3.34. The number of halogens is 3. The fourth-order valence-electron chi connectivity index (χ4n) is 3.45. The molecule has 1 saturated heterocycles. The Morgan fingerprint density at radius 2 is 1.76 bits per heavy atom. The van der Waals surface area contributed by atoms with Gasteiger partial charge in [-0.05, 0) is 30.3 Å². The van der Waals surface area contributed by atoms with Gasteiger partial charge in [0.1, 0.15) is 5.82 Å². The summed E-state index contributed by atoms with van der Waals surface area (Å²) in [6.07, 6.45) is -3.31. The normalized spacial score (nSPS) is 14.3. The Kier molecular flexibility index (Phi) is 6.07. The minimum Gasteiger partial charge on any atom is -0.493 e. The fourth-order valence-corrected chi connectivity index (χ4v) is 3.45. The Balaban J connectivity index is 1.39. The van der Waals surface area contributed by atoms with Crippen LogP contribution in [0, 0.1) is 0 Å². The highest BCUT2D eigenvalue weighted by Crippen LogP contribution is 2.30. The van der Waals surface area contributed by atoms with Crippen LogP contribution in [0.1, 0.15) is 16.2 Å². The van der Waals surface area contributed by atoms with E-state index in [0.29, 0.717) is 54.6 Å². The SMILES string of the molecule is COc1ccc(C(=O)N2CCN(c3ccc(-c4noc(C(F)(F)F)n4)cn3)CC2)cc1OC. The maximum absolute atomic E-state index is 12.9. The largest absolute Gasteiger partial charge is 0.493 e. The molecule has 9 nitrogen and oxygen atoms in total. The van der Waals surface area contributed by atoms with Gasteiger partial charge >= 0.3 is 12.1 Å². The predicted octanol–water partition coefficient (Wildman–Crippen LogP) is 3.13. The molecule has 1 amide bonds. The molecule has 0 aliphatic carbocycles. The average molecular weight is 463 g/mol. The van der Waals surface area contributed by atoms with E-state index < -0.39 is 12.1 Å². The van der Waals surface area contributed by atoms with Crippen LogP contribution in [0.2, 0.25) is 0 Å².